The first-order chi connectivity index (χ1) is 11.5. The van der Waals surface area contributed by atoms with Crippen LogP contribution in [0.1, 0.15) is 32.3 Å². The Hall–Kier alpha value is -2.24. The van der Waals surface area contributed by atoms with Gasteiger partial charge in [0.15, 0.2) is 11.5 Å². The van der Waals surface area contributed by atoms with E-state index in [0.717, 1.165) is 18.5 Å². The van der Waals surface area contributed by atoms with Crippen molar-refractivity contribution in [2.24, 2.45) is 0 Å². The van der Waals surface area contributed by atoms with E-state index in [9.17, 15) is 9.59 Å². The molecule has 1 N–H and O–H groups in total. The summed E-state index contributed by atoms with van der Waals surface area (Å²) in [6.07, 6.45) is 1.92. The number of nitrogens with one attached hydrogen (secondary N) is 1. The summed E-state index contributed by atoms with van der Waals surface area (Å²) in [6.45, 7) is 5.32. The highest BCUT2D eigenvalue weighted by Crippen LogP contribution is 2.27. The number of carbonyl (C=O) groups is 2. The number of methoxy groups -OCH3 is 2. The van der Waals surface area contributed by atoms with Crippen molar-refractivity contribution < 1.29 is 19.1 Å². The van der Waals surface area contributed by atoms with Crippen molar-refractivity contribution in [3.63, 3.8) is 0 Å². The molecule has 0 radical (unpaired) electrons. The molecule has 0 aromatic heterocycles. The number of hydrogen-bond donors (Lipinski definition) is 1. The molecule has 0 aliphatic rings. The fourth-order valence-electron chi connectivity index (χ4n) is 2.41. The van der Waals surface area contributed by atoms with Crippen molar-refractivity contribution >= 4 is 11.8 Å². The van der Waals surface area contributed by atoms with E-state index in [-0.39, 0.29) is 11.8 Å². The standard InChI is InChI=1S/C18H28N2O4/c1-5-11-20(14(2)21)12-10-19-18(22)9-7-15-6-8-16(23-3)17(13-15)24-4/h6,8,13H,5,7,9-12H2,1-4H3,(H,19,22). The first kappa shape index (κ1) is 19.8. The molecule has 0 atom stereocenters. The molecule has 24 heavy (non-hydrogen) atoms. The van der Waals surface area contributed by atoms with Crippen LogP contribution in [0, 0.1) is 0 Å². The number of aryl methyl sites for hydroxylation is 1. The van der Waals surface area contributed by atoms with Gasteiger partial charge in [-0.2, -0.15) is 0 Å². The minimum Gasteiger partial charge on any atom is -0.493 e. The van der Waals surface area contributed by atoms with Gasteiger partial charge in [-0.15, -0.1) is 0 Å². The van der Waals surface area contributed by atoms with E-state index in [1.807, 2.05) is 25.1 Å². The highest BCUT2D eigenvalue weighted by molar-refractivity contribution is 5.76. The quantitative estimate of drug-likeness (QED) is 0.710. The maximum Gasteiger partial charge on any atom is 0.220 e. The number of amides is 2. The summed E-state index contributed by atoms with van der Waals surface area (Å²) in [5, 5.41) is 2.86. The van der Waals surface area contributed by atoms with E-state index < -0.39 is 0 Å². The highest BCUT2D eigenvalue weighted by atomic mass is 16.5. The van der Waals surface area contributed by atoms with Crippen LogP contribution in [-0.4, -0.2) is 50.6 Å². The topological polar surface area (TPSA) is 67.9 Å². The van der Waals surface area contributed by atoms with Gasteiger partial charge >= 0.3 is 0 Å². The van der Waals surface area contributed by atoms with Gasteiger partial charge in [0.1, 0.15) is 0 Å². The Kier molecular flexibility index (Phi) is 8.68. The Morgan fingerprint density at radius 2 is 1.83 bits per heavy atom. The van der Waals surface area contributed by atoms with Gasteiger partial charge in [0.05, 0.1) is 14.2 Å². The highest BCUT2D eigenvalue weighted by Gasteiger charge is 2.09. The summed E-state index contributed by atoms with van der Waals surface area (Å²) in [6, 6.07) is 5.64. The second kappa shape index (κ2) is 10.5. The second-order valence-electron chi connectivity index (χ2n) is 5.55. The van der Waals surface area contributed by atoms with Crippen molar-refractivity contribution in [2.45, 2.75) is 33.1 Å². The van der Waals surface area contributed by atoms with Gasteiger partial charge < -0.3 is 19.7 Å². The lowest BCUT2D eigenvalue weighted by Gasteiger charge is -2.20. The van der Waals surface area contributed by atoms with Crippen LogP contribution in [0.2, 0.25) is 0 Å². The van der Waals surface area contributed by atoms with E-state index in [2.05, 4.69) is 5.32 Å². The van der Waals surface area contributed by atoms with Crippen molar-refractivity contribution in [3.05, 3.63) is 23.8 Å². The first-order valence-electron chi connectivity index (χ1n) is 8.24. The van der Waals surface area contributed by atoms with Gasteiger partial charge in [0.25, 0.3) is 0 Å². The van der Waals surface area contributed by atoms with Crippen molar-refractivity contribution in [1.29, 1.82) is 0 Å². The van der Waals surface area contributed by atoms with Crippen LogP contribution in [0.25, 0.3) is 0 Å². The Labute approximate surface area is 144 Å². The number of carbonyl (C=O) groups excluding carboxylic acids is 2. The summed E-state index contributed by atoms with van der Waals surface area (Å²) in [5.74, 6) is 1.35. The zero-order chi connectivity index (χ0) is 17.9. The predicted molar refractivity (Wildman–Crippen MR) is 93.4 cm³/mol. The fourth-order valence-corrected chi connectivity index (χ4v) is 2.41. The zero-order valence-corrected chi connectivity index (χ0v) is 15.1. The minimum atomic E-state index is -0.0233. The smallest absolute Gasteiger partial charge is 0.220 e. The largest absolute Gasteiger partial charge is 0.493 e. The SMILES string of the molecule is CCCN(CCNC(=O)CCc1ccc(OC)c(OC)c1)C(C)=O. The number of ether oxygens (including phenoxy) is 2. The lowest BCUT2D eigenvalue weighted by atomic mass is 10.1. The number of benzene rings is 1. The van der Waals surface area contributed by atoms with Crippen LogP contribution in [0.15, 0.2) is 18.2 Å². The van der Waals surface area contributed by atoms with Gasteiger partial charge in [-0.1, -0.05) is 13.0 Å². The average molecular weight is 336 g/mol. The van der Waals surface area contributed by atoms with E-state index >= 15 is 0 Å². The van der Waals surface area contributed by atoms with Gasteiger partial charge in [-0.3, -0.25) is 9.59 Å². The van der Waals surface area contributed by atoms with Crippen LogP contribution in [0.4, 0.5) is 0 Å². The molecule has 0 saturated carbocycles. The third-order valence-electron chi connectivity index (χ3n) is 3.73. The molecule has 0 aliphatic carbocycles. The van der Waals surface area contributed by atoms with Gasteiger partial charge in [0.2, 0.25) is 11.8 Å². The molecule has 0 heterocycles. The van der Waals surface area contributed by atoms with Crippen LogP contribution in [0.5, 0.6) is 11.5 Å². The van der Waals surface area contributed by atoms with E-state index in [0.29, 0.717) is 37.4 Å². The molecule has 6 heteroatoms. The molecule has 0 saturated heterocycles. The van der Waals surface area contributed by atoms with Gasteiger partial charge in [-0.05, 0) is 30.5 Å². The van der Waals surface area contributed by atoms with Gasteiger partial charge in [0, 0.05) is 33.0 Å². The maximum absolute atomic E-state index is 11.9. The molecule has 0 spiro atoms. The number of nitrogens with zero attached hydrogens (tertiary/aromatic N) is 1. The third-order valence-corrected chi connectivity index (χ3v) is 3.73. The van der Waals surface area contributed by atoms with Crippen molar-refractivity contribution in [2.75, 3.05) is 33.9 Å². The summed E-state index contributed by atoms with van der Waals surface area (Å²) in [4.78, 5) is 25.1. The van der Waals surface area contributed by atoms with E-state index in [1.165, 1.54) is 0 Å². The molecule has 2 amide bonds. The Morgan fingerprint density at radius 1 is 1.12 bits per heavy atom. The van der Waals surface area contributed by atoms with E-state index in [4.69, 9.17) is 9.47 Å². The molecule has 0 fully saturated rings. The molecule has 134 valence electrons. The second-order valence-corrected chi connectivity index (χ2v) is 5.55. The Bertz CT molecular complexity index is 546. The zero-order valence-electron chi connectivity index (χ0n) is 15.1. The fraction of sp³-hybridized carbons (Fsp3) is 0.556. The lowest BCUT2D eigenvalue weighted by Crippen LogP contribution is -2.37. The minimum absolute atomic E-state index is 0.0233. The van der Waals surface area contributed by atoms with Crippen LogP contribution in [0.3, 0.4) is 0 Å². The number of rotatable bonds is 10. The molecular weight excluding hydrogens is 308 g/mol. The van der Waals surface area contributed by atoms with Gasteiger partial charge in [-0.25, -0.2) is 0 Å². The molecule has 0 aliphatic heterocycles. The monoisotopic (exact) mass is 336 g/mol. The summed E-state index contributed by atoms with van der Waals surface area (Å²) < 4.78 is 10.5. The average Bonchev–Trinajstić information content (AvgIpc) is 2.58. The molecule has 1 aromatic carbocycles. The summed E-state index contributed by atoms with van der Waals surface area (Å²) >= 11 is 0. The first-order valence-corrected chi connectivity index (χ1v) is 8.24. The molecule has 1 aromatic rings. The van der Waals surface area contributed by atoms with Crippen LogP contribution >= 0.6 is 0 Å². The third kappa shape index (κ3) is 6.48. The molecule has 0 bridgehead atoms. The summed E-state index contributed by atoms with van der Waals surface area (Å²) in [7, 11) is 3.18. The molecular formula is C18H28N2O4. The predicted octanol–water partition coefficient (Wildman–Crippen LogP) is 2.01. The Morgan fingerprint density at radius 3 is 2.42 bits per heavy atom. The molecule has 0 unspecified atom stereocenters. The van der Waals surface area contributed by atoms with Crippen LogP contribution in [-0.2, 0) is 16.0 Å². The Balaban J connectivity index is 2.39. The lowest BCUT2D eigenvalue weighted by molar-refractivity contribution is -0.129. The van der Waals surface area contributed by atoms with Crippen molar-refractivity contribution in [1.82, 2.24) is 10.2 Å². The normalized spacial score (nSPS) is 10.2. The summed E-state index contributed by atoms with van der Waals surface area (Å²) in [5.41, 5.74) is 1.01. The van der Waals surface area contributed by atoms with E-state index in [1.54, 1.807) is 26.0 Å². The maximum atomic E-state index is 11.9. The van der Waals surface area contributed by atoms with Crippen LogP contribution < -0.4 is 14.8 Å². The molecule has 6 nitrogen and oxygen atoms in total. The van der Waals surface area contributed by atoms with Crippen molar-refractivity contribution in [3.8, 4) is 11.5 Å². The number of hydrogen-bond acceptors (Lipinski definition) is 4. The molecule has 1 rings (SSSR count).